The summed E-state index contributed by atoms with van der Waals surface area (Å²) >= 11 is 0. The minimum atomic E-state index is -0.867. The van der Waals surface area contributed by atoms with E-state index < -0.39 is 17.9 Å². The summed E-state index contributed by atoms with van der Waals surface area (Å²) in [6.07, 6.45) is 9.42. The maximum Gasteiger partial charge on any atom is 0.320 e. The third-order valence-corrected chi connectivity index (χ3v) is 4.32. The number of hydrogen-bond donors (Lipinski definition) is 0. The van der Waals surface area contributed by atoms with E-state index >= 15 is 0 Å². The highest BCUT2D eigenvalue weighted by molar-refractivity contribution is 5.94. The molecule has 0 saturated heterocycles. The average Bonchev–Trinajstić information content (AvgIpc) is 2.55. The van der Waals surface area contributed by atoms with Gasteiger partial charge in [0.05, 0.1) is 13.2 Å². The summed E-state index contributed by atoms with van der Waals surface area (Å²) in [5.41, 5.74) is 0. The van der Waals surface area contributed by atoms with Crippen LogP contribution in [0.4, 0.5) is 0 Å². The molecule has 5 heteroatoms. The number of esters is 2. The minimum Gasteiger partial charge on any atom is -0.465 e. The van der Waals surface area contributed by atoms with Crippen LogP contribution in [-0.2, 0) is 23.8 Å². The maximum absolute atomic E-state index is 11.8. The lowest BCUT2D eigenvalue weighted by Gasteiger charge is -2.21. The van der Waals surface area contributed by atoms with E-state index in [1.54, 1.807) is 13.8 Å². The second-order valence-corrected chi connectivity index (χ2v) is 6.10. The summed E-state index contributed by atoms with van der Waals surface area (Å²) in [5.74, 6) is -1.04. The lowest BCUT2D eigenvalue weighted by Crippen LogP contribution is -2.29. The third-order valence-electron chi connectivity index (χ3n) is 4.32. The molecule has 0 N–H and O–H groups in total. The molecule has 0 amide bonds. The van der Waals surface area contributed by atoms with Crippen molar-refractivity contribution in [2.24, 2.45) is 11.8 Å². The molecule has 23 heavy (non-hydrogen) atoms. The molecular weight excluding hydrogens is 296 g/mol. The zero-order valence-electron chi connectivity index (χ0n) is 14.7. The first-order valence-electron chi connectivity index (χ1n) is 9.10. The smallest absolute Gasteiger partial charge is 0.320 e. The van der Waals surface area contributed by atoms with Gasteiger partial charge < -0.3 is 14.2 Å². The predicted molar refractivity (Wildman–Crippen MR) is 88.0 cm³/mol. The summed E-state index contributed by atoms with van der Waals surface area (Å²) in [4.78, 5) is 23.6. The van der Waals surface area contributed by atoms with Crippen molar-refractivity contribution in [3.8, 4) is 0 Å². The van der Waals surface area contributed by atoms with E-state index in [9.17, 15) is 9.59 Å². The van der Waals surface area contributed by atoms with Crippen LogP contribution < -0.4 is 0 Å². The quantitative estimate of drug-likeness (QED) is 0.330. The Morgan fingerprint density at radius 3 is 2.13 bits per heavy atom. The van der Waals surface area contributed by atoms with Gasteiger partial charge in [0, 0.05) is 13.2 Å². The van der Waals surface area contributed by atoms with Crippen LogP contribution in [0.15, 0.2) is 0 Å². The number of ether oxygens (including phenoxy) is 3. The van der Waals surface area contributed by atoms with Crippen molar-refractivity contribution in [2.45, 2.75) is 65.2 Å². The molecule has 134 valence electrons. The first-order valence-corrected chi connectivity index (χ1v) is 9.10. The highest BCUT2D eigenvalue weighted by Gasteiger charge is 2.29. The van der Waals surface area contributed by atoms with Crippen molar-refractivity contribution in [3.63, 3.8) is 0 Å². The monoisotopic (exact) mass is 328 g/mol. The van der Waals surface area contributed by atoms with Gasteiger partial charge in [-0.15, -0.1) is 0 Å². The Balaban J connectivity index is 2.18. The van der Waals surface area contributed by atoms with Gasteiger partial charge in [-0.1, -0.05) is 32.1 Å². The minimum absolute atomic E-state index is 0.261. The fraction of sp³-hybridized carbons (Fsp3) is 0.889. The summed E-state index contributed by atoms with van der Waals surface area (Å²) in [5, 5.41) is 0. The first kappa shape index (κ1) is 19.9. The highest BCUT2D eigenvalue weighted by atomic mass is 16.6. The van der Waals surface area contributed by atoms with E-state index in [1.807, 2.05) is 0 Å². The number of hydrogen-bond acceptors (Lipinski definition) is 5. The molecule has 1 aliphatic carbocycles. The van der Waals surface area contributed by atoms with Crippen LogP contribution in [0, 0.1) is 11.8 Å². The van der Waals surface area contributed by atoms with Crippen LogP contribution in [0.2, 0.25) is 0 Å². The molecule has 0 unspecified atom stereocenters. The van der Waals surface area contributed by atoms with Gasteiger partial charge >= 0.3 is 11.9 Å². The second kappa shape index (κ2) is 12.3. The molecule has 0 heterocycles. The van der Waals surface area contributed by atoms with Gasteiger partial charge in [-0.25, -0.2) is 0 Å². The van der Waals surface area contributed by atoms with Crippen molar-refractivity contribution in [1.29, 1.82) is 0 Å². The molecule has 0 atom stereocenters. The van der Waals surface area contributed by atoms with Crippen molar-refractivity contribution < 1.29 is 23.8 Å². The molecule has 0 aliphatic heterocycles. The largest absolute Gasteiger partial charge is 0.465 e. The fourth-order valence-electron chi connectivity index (χ4n) is 3.07. The summed E-state index contributed by atoms with van der Waals surface area (Å²) in [7, 11) is 0. The van der Waals surface area contributed by atoms with Crippen LogP contribution in [0.25, 0.3) is 0 Å². The summed E-state index contributed by atoms with van der Waals surface area (Å²) < 4.78 is 15.5. The molecule has 0 spiro atoms. The van der Waals surface area contributed by atoms with Crippen molar-refractivity contribution in [3.05, 3.63) is 0 Å². The van der Waals surface area contributed by atoms with Gasteiger partial charge in [0.15, 0.2) is 5.92 Å². The zero-order chi connectivity index (χ0) is 16.9. The van der Waals surface area contributed by atoms with E-state index in [-0.39, 0.29) is 13.2 Å². The van der Waals surface area contributed by atoms with E-state index in [0.29, 0.717) is 19.6 Å². The molecule has 0 aromatic carbocycles. The second-order valence-electron chi connectivity index (χ2n) is 6.10. The Morgan fingerprint density at radius 2 is 1.57 bits per heavy atom. The standard InChI is InChI=1S/C18H32O5/c1-3-22-17(19)16(18(20)23-4-2)12-14-21-13-8-11-15-9-6-5-7-10-15/h15-16H,3-14H2,1-2H3. The maximum atomic E-state index is 11.8. The molecule has 1 saturated carbocycles. The number of carbonyl (C=O) groups excluding carboxylic acids is 2. The Bertz CT molecular complexity index is 318. The number of rotatable bonds is 11. The van der Waals surface area contributed by atoms with Crippen molar-refractivity contribution >= 4 is 11.9 Å². The number of carbonyl (C=O) groups is 2. The van der Waals surface area contributed by atoms with Gasteiger partial charge in [-0.2, -0.15) is 0 Å². The van der Waals surface area contributed by atoms with Gasteiger partial charge in [-0.05, 0) is 39.0 Å². The van der Waals surface area contributed by atoms with Crippen LogP contribution in [0.3, 0.4) is 0 Å². The predicted octanol–water partition coefficient (Wildman–Crippen LogP) is 3.50. The Hall–Kier alpha value is -1.10. The molecule has 0 bridgehead atoms. The van der Waals surface area contributed by atoms with Gasteiger partial charge in [0.1, 0.15) is 0 Å². The fourth-order valence-corrected chi connectivity index (χ4v) is 3.07. The van der Waals surface area contributed by atoms with Crippen LogP contribution in [0.1, 0.15) is 65.2 Å². The van der Waals surface area contributed by atoms with Gasteiger partial charge in [-0.3, -0.25) is 9.59 Å². The molecule has 0 radical (unpaired) electrons. The molecule has 0 aromatic rings. The van der Waals surface area contributed by atoms with Crippen molar-refractivity contribution in [2.75, 3.05) is 26.4 Å². The van der Waals surface area contributed by atoms with E-state index in [1.165, 1.54) is 38.5 Å². The molecular formula is C18H32O5. The highest BCUT2D eigenvalue weighted by Crippen LogP contribution is 2.27. The van der Waals surface area contributed by atoms with Gasteiger partial charge in [0.25, 0.3) is 0 Å². The summed E-state index contributed by atoms with van der Waals surface area (Å²) in [6, 6.07) is 0. The lowest BCUT2D eigenvalue weighted by molar-refractivity contribution is -0.162. The molecule has 0 aromatic heterocycles. The normalized spacial score (nSPS) is 15.6. The zero-order valence-corrected chi connectivity index (χ0v) is 14.7. The van der Waals surface area contributed by atoms with Gasteiger partial charge in [0.2, 0.25) is 0 Å². The molecule has 1 rings (SSSR count). The Morgan fingerprint density at radius 1 is 0.957 bits per heavy atom. The molecule has 1 fully saturated rings. The SMILES string of the molecule is CCOC(=O)C(CCOCCCC1CCCCC1)C(=O)OCC. The molecule has 1 aliphatic rings. The molecule has 5 nitrogen and oxygen atoms in total. The Kier molecular flexibility index (Phi) is 10.7. The van der Waals surface area contributed by atoms with Crippen molar-refractivity contribution in [1.82, 2.24) is 0 Å². The van der Waals surface area contributed by atoms with Crippen LogP contribution in [0.5, 0.6) is 0 Å². The Labute approximate surface area is 140 Å². The van der Waals surface area contributed by atoms with E-state index in [0.717, 1.165) is 12.3 Å². The van der Waals surface area contributed by atoms with Crippen LogP contribution >= 0.6 is 0 Å². The van der Waals surface area contributed by atoms with E-state index in [2.05, 4.69) is 0 Å². The first-order chi connectivity index (χ1) is 11.2. The third kappa shape index (κ3) is 8.35. The summed E-state index contributed by atoms with van der Waals surface area (Å²) in [6.45, 7) is 5.04. The lowest BCUT2D eigenvalue weighted by atomic mass is 9.86. The van der Waals surface area contributed by atoms with E-state index in [4.69, 9.17) is 14.2 Å². The topological polar surface area (TPSA) is 61.8 Å². The van der Waals surface area contributed by atoms with Crippen LogP contribution in [-0.4, -0.2) is 38.4 Å². The average molecular weight is 328 g/mol.